The van der Waals surface area contributed by atoms with Gasteiger partial charge in [0.1, 0.15) is 11.3 Å². The van der Waals surface area contributed by atoms with Gasteiger partial charge in [-0.3, -0.25) is 9.59 Å². The first-order valence-corrected chi connectivity index (χ1v) is 13.3. The maximum Gasteiger partial charge on any atom is 0.416 e. The van der Waals surface area contributed by atoms with Crippen LogP contribution in [0.4, 0.5) is 13.2 Å². The van der Waals surface area contributed by atoms with Crippen molar-refractivity contribution in [3.63, 3.8) is 0 Å². The van der Waals surface area contributed by atoms with Crippen molar-refractivity contribution < 1.29 is 26.7 Å². The van der Waals surface area contributed by atoms with Gasteiger partial charge in [-0.2, -0.15) is 18.4 Å². The number of hydrogen-bond donors (Lipinski definition) is 2. The second-order valence-corrected chi connectivity index (χ2v) is 10.8. The fraction of sp³-hybridized carbons (Fsp3) is 0.148. The SMILES string of the molecule is C=S(=O)(NC#N)c1ccc(CNC(=O)c2cn(-c3cc(C)on3)c(C)c(-c3cccc(C(F)(F)F)c3)c2=O)cc1. The molecule has 2 heterocycles. The number of nitrogens with zero attached hydrogens (tertiary/aromatic N) is 3. The van der Waals surface area contributed by atoms with E-state index < -0.39 is 32.8 Å². The first-order chi connectivity index (χ1) is 18.8. The summed E-state index contributed by atoms with van der Waals surface area (Å²) in [5.41, 5.74) is -1.30. The molecule has 4 aromatic rings. The molecule has 9 nitrogen and oxygen atoms in total. The van der Waals surface area contributed by atoms with Crippen LogP contribution in [0.1, 0.15) is 32.9 Å². The number of aryl methyl sites for hydroxylation is 1. The number of rotatable bonds is 7. The summed E-state index contributed by atoms with van der Waals surface area (Å²) >= 11 is 0. The van der Waals surface area contributed by atoms with Gasteiger partial charge in [-0.1, -0.05) is 29.4 Å². The quantitative estimate of drug-likeness (QED) is 0.196. The third-order valence-electron chi connectivity index (χ3n) is 6.01. The Morgan fingerprint density at radius 2 is 1.88 bits per heavy atom. The Morgan fingerprint density at radius 3 is 2.48 bits per heavy atom. The van der Waals surface area contributed by atoms with E-state index in [4.69, 9.17) is 9.78 Å². The average Bonchev–Trinajstić information content (AvgIpc) is 3.33. The molecule has 0 spiro atoms. The minimum absolute atomic E-state index is 0.0146. The largest absolute Gasteiger partial charge is 0.416 e. The molecule has 1 amide bonds. The van der Waals surface area contributed by atoms with Crippen LogP contribution in [0.3, 0.4) is 0 Å². The summed E-state index contributed by atoms with van der Waals surface area (Å²) in [6.45, 7) is 3.15. The Balaban J connectivity index is 1.73. The van der Waals surface area contributed by atoms with Gasteiger partial charge >= 0.3 is 6.18 Å². The Morgan fingerprint density at radius 1 is 1.18 bits per heavy atom. The van der Waals surface area contributed by atoms with Gasteiger partial charge in [0.25, 0.3) is 5.91 Å². The Kier molecular flexibility index (Phi) is 7.57. The third-order valence-corrected chi connectivity index (χ3v) is 7.46. The zero-order chi connectivity index (χ0) is 29.2. The molecule has 1 atom stereocenters. The molecule has 0 aliphatic carbocycles. The molecular weight excluding hydrogens is 547 g/mol. The minimum Gasteiger partial charge on any atom is -0.360 e. The van der Waals surface area contributed by atoms with Gasteiger partial charge in [-0.15, -0.1) is 0 Å². The lowest BCUT2D eigenvalue weighted by atomic mass is 9.98. The Bertz CT molecular complexity index is 1800. The highest BCUT2D eigenvalue weighted by molar-refractivity contribution is 7.98. The molecule has 4 rings (SSSR count). The number of hydrogen-bond acceptors (Lipinski definition) is 6. The highest BCUT2D eigenvalue weighted by Crippen LogP contribution is 2.32. The van der Waals surface area contributed by atoms with Crippen LogP contribution < -0.4 is 15.5 Å². The summed E-state index contributed by atoms with van der Waals surface area (Å²) in [7, 11) is -3.01. The van der Waals surface area contributed by atoms with Crippen LogP contribution in [0.2, 0.25) is 0 Å². The Labute approximate surface area is 227 Å². The molecule has 2 aromatic carbocycles. The monoisotopic (exact) mass is 569 g/mol. The van der Waals surface area contributed by atoms with Crippen molar-refractivity contribution in [3.05, 3.63) is 99.2 Å². The number of carbonyl (C=O) groups excluding carboxylic acids is 1. The van der Waals surface area contributed by atoms with E-state index in [1.54, 1.807) is 31.3 Å². The first kappa shape index (κ1) is 28.2. The lowest BCUT2D eigenvalue weighted by Crippen LogP contribution is -2.30. The maximum absolute atomic E-state index is 13.5. The standard InChI is InChI=1S/C27H22F3N5O4S/c1-16-11-23(34-39-16)35-14-22(25(36)24(17(35)2)19-5-4-6-20(12-19)27(28,29)30)26(37)32-13-18-7-9-21(10-8-18)40(3,38)33-15-31/h4-12,14H,3,13H2,1-2H3,(H,32,37)(H,33,38). The van der Waals surface area contributed by atoms with Gasteiger partial charge in [0.15, 0.2) is 12.0 Å². The molecule has 2 N–H and O–H groups in total. The molecule has 0 radical (unpaired) electrons. The number of pyridine rings is 1. The van der Waals surface area contributed by atoms with Crippen molar-refractivity contribution in [2.24, 2.45) is 0 Å². The van der Waals surface area contributed by atoms with E-state index >= 15 is 0 Å². The predicted molar refractivity (Wildman–Crippen MR) is 142 cm³/mol. The highest BCUT2D eigenvalue weighted by Gasteiger charge is 2.31. The van der Waals surface area contributed by atoms with Crippen molar-refractivity contribution in [3.8, 4) is 23.1 Å². The summed E-state index contributed by atoms with van der Waals surface area (Å²) in [6.07, 6.45) is -1.79. The number of alkyl halides is 3. The zero-order valence-corrected chi connectivity index (χ0v) is 22.0. The number of nitrogens with one attached hydrogen (secondary N) is 2. The lowest BCUT2D eigenvalue weighted by Gasteiger charge is -2.16. The summed E-state index contributed by atoms with van der Waals surface area (Å²) in [5.74, 6) is 3.39. The maximum atomic E-state index is 13.5. The van der Waals surface area contributed by atoms with E-state index in [9.17, 15) is 27.0 Å². The van der Waals surface area contributed by atoms with Crippen molar-refractivity contribution >= 4 is 21.5 Å². The number of nitriles is 1. The average molecular weight is 570 g/mol. The van der Waals surface area contributed by atoms with Crippen LogP contribution in [0.25, 0.3) is 16.9 Å². The van der Waals surface area contributed by atoms with E-state index in [1.807, 2.05) is 0 Å². The van der Waals surface area contributed by atoms with Crippen LogP contribution in [-0.4, -0.2) is 25.7 Å². The smallest absolute Gasteiger partial charge is 0.360 e. The van der Waals surface area contributed by atoms with E-state index in [2.05, 4.69) is 21.1 Å². The molecule has 0 saturated heterocycles. The molecule has 0 saturated carbocycles. The van der Waals surface area contributed by atoms with Crippen LogP contribution in [0, 0.1) is 25.3 Å². The summed E-state index contributed by atoms with van der Waals surface area (Å²) in [4.78, 5) is 27.0. The number of halogens is 3. The van der Waals surface area contributed by atoms with Crippen LogP contribution in [0.5, 0.6) is 0 Å². The molecule has 0 aliphatic heterocycles. The molecule has 1 unspecified atom stereocenters. The van der Waals surface area contributed by atoms with E-state index in [0.717, 1.165) is 12.1 Å². The van der Waals surface area contributed by atoms with Crippen molar-refractivity contribution in [2.75, 3.05) is 0 Å². The number of amides is 1. The molecule has 206 valence electrons. The fourth-order valence-electron chi connectivity index (χ4n) is 4.00. The van der Waals surface area contributed by atoms with Gasteiger partial charge < -0.3 is 14.4 Å². The summed E-state index contributed by atoms with van der Waals surface area (Å²) in [5, 5.41) is 15.3. The second-order valence-electron chi connectivity index (χ2n) is 8.79. The molecule has 40 heavy (non-hydrogen) atoms. The number of benzene rings is 2. The lowest BCUT2D eigenvalue weighted by molar-refractivity contribution is -0.137. The highest BCUT2D eigenvalue weighted by atomic mass is 32.2. The number of carbonyl (C=O) groups is 1. The van der Waals surface area contributed by atoms with E-state index in [0.29, 0.717) is 11.3 Å². The third kappa shape index (κ3) is 5.76. The van der Waals surface area contributed by atoms with Gasteiger partial charge in [0.05, 0.1) is 20.2 Å². The first-order valence-electron chi connectivity index (χ1n) is 11.6. The van der Waals surface area contributed by atoms with Gasteiger partial charge in [-0.25, -0.2) is 8.93 Å². The van der Waals surface area contributed by atoms with Crippen LogP contribution in [-0.2, 0) is 22.4 Å². The molecule has 0 bridgehead atoms. The van der Waals surface area contributed by atoms with E-state index in [1.165, 1.54) is 42.0 Å². The minimum atomic E-state index is -4.64. The normalized spacial score (nSPS) is 12.8. The second kappa shape index (κ2) is 10.7. The van der Waals surface area contributed by atoms with Gasteiger partial charge in [0.2, 0.25) is 5.43 Å². The molecular formula is C27H22F3N5O4S. The van der Waals surface area contributed by atoms with Crippen molar-refractivity contribution in [2.45, 2.75) is 31.5 Å². The van der Waals surface area contributed by atoms with Gasteiger partial charge in [-0.05, 0) is 55.1 Å². The van der Waals surface area contributed by atoms with Crippen LogP contribution in [0.15, 0.2) is 75.0 Å². The molecule has 2 aromatic heterocycles. The van der Waals surface area contributed by atoms with Crippen molar-refractivity contribution in [1.29, 1.82) is 5.26 Å². The topological polar surface area (TPSA) is 130 Å². The Hall–Kier alpha value is -4.83. The predicted octanol–water partition coefficient (Wildman–Crippen LogP) is 4.12. The molecule has 0 fully saturated rings. The zero-order valence-electron chi connectivity index (χ0n) is 21.2. The fourth-order valence-corrected chi connectivity index (χ4v) is 4.84. The summed E-state index contributed by atoms with van der Waals surface area (Å²) < 4.78 is 61.3. The molecule has 0 aliphatic rings. The summed E-state index contributed by atoms with van der Waals surface area (Å²) in [6, 6.07) is 12.0. The van der Waals surface area contributed by atoms with Crippen molar-refractivity contribution in [1.82, 2.24) is 19.8 Å². The number of aromatic nitrogens is 2. The van der Waals surface area contributed by atoms with E-state index in [-0.39, 0.29) is 39.6 Å². The molecule has 13 heteroatoms. The van der Waals surface area contributed by atoms with Gasteiger partial charge in [0, 0.05) is 30.1 Å². The van der Waals surface area contributed by atoms with Crippen LogP contribution >= 0.6 is 0 Å².